The Bertz CT molecular complexity index is 632. The van der Waals surface area contributed by atoms with Gasteiger partial charge in [0, 0.05) is 19.0 Å². The summed E-state index contributed by atoms with van der Waals surface area (Å²) in [5.74, 6) is 0.248. The molecule has 6 heteroatoms. The average molecular weight is 362 g/mol. The second kappa shape index (κ2) is 9.36. The topological polar surface area (TPSA) is 75.7 Å². The summed E-state index contributed by atoms with van der Waals surface area (Å²) in [6.07, 6.45) is 0.497. The Morgan fingerprint density at radius 3 is 2.23 bits per heavy atom. The van der Waals surface area contributed by atoms with Crippen LogP contribution < -0.4 is 10.1 Å². The molecule has 0 spiro atoms. The SMILES string of the molecule is CC(=O)CCc1ccc(OC(C)C(=O)N(C)CC(=O)NC(C)(C)C)cc1. The lowest BCUT2D eigenvalue weighted by Gasteiger charge is -2.25. The first kappa shape index (κ1) is 21.7. The third-order valence-corrected chi connectivity index (χ3v) is 3.62. The summed E-state index contributed by atoms with van der Waals surface area (Å²) in [6.45, 7) is 8.87. The maximum atomic E-state index is 12.4. The number of nitrogens with one attached hydrogen (secondary N) is 1. The van der Waals surface area contributed by atoms with Crippen molar-refractivity contribution < 1.29 is 19.1 Å². The van der Waals surface area contributed by atoms with Crippen molar-refractivity contribution in [1.82, 2.24) is 10.2 Å². The number of benzene rings is 1. The van der Waals surface area contributed by atoms with Gasteiger partial charge in [-0.05, 0) is 58.7 Å². The summed E-state index contributed by atoms with van der Waals surface area (Å²) in [6, 6.07) is 7.34. The van der Waals surface area contributed by atoms with Crippen molar-refractivity contribution >= 4 is 17.6 Å². The molecule has 1 rings (SSSR count). The van der Waals surface area contributed by atoms with Crippen molar-refractivity contribution in [3.05, 3.63) is 29.8 Å². The summed E-state index contributed by atoms with van der Waals surface area (Å²) in [4.78, 5) is 36.7. The number of aryl methyl sites for hydroxylation is 1. The van der Waals surface area contributed by atoms with Crippen LogP contribution in [0.5, 0.6) is 5.75 Å². The minimum atomic E-state index is -0.703. The molecule has 26 heavy (non-hydrogen) atoms. The van der Waals surface area contributed by atoms with Crippen LogP contribution in [-0.2, 0) is 20.8 Å². The molecule has 6 nitrogen and oxygen atoms in total. The van der Waals surface area contributed by atoms with Gasteiger partial charge < -0.3 is 19.7 Å². The summed E-state index contributed by atoms with van der Waals surface area (Å²) >= 11 is 0. The van der Waals surface area contributed by atoms with Gasteiger partial charge in [-0.2, -0.15) is 0 Å². The first-order valence-corrected chi connectivity index (χ1v) is 8.79. The Morgan fingerprint density at radius 1 is 1.15 bits per heavy atom. The van der Waals surface area contributed by atoms with Crippen molar-refractivity contribution in [3.63, 3.8) is 0 Å². The molecule has 0 heterocycles. The highest BCUT2D eigenvalue weighted by atomic mass is 16.5. The van der Waals surface area contributed by atoms with E-state index < -0.39 is 6.10 Å². The number of carbonyl (C=O) groups excluding carboxylic acids is 3. The van der Waals surface area contributed by atoms with E-state index in [-0.39, 0.29) is 29.7 Å². The van der Waals surface area contributed by atoms with E-state index in [0.717, 1.165) is 5.56 Å². The number of amides is 2. The highest BCUT2D eigenvalue weighted by Gasteiger charge is 2.22. The van der Waals surface area contributed by atoms with Crippen LogP contribution in [0, 0.1) is 0 Å². The smallest absolute Gasteiger partial charge is 0.263 e. The van der Waals surface area contributed by atoms with Crippen molar-refractivity contribution in [2.45, 2.75) is 59.1 Å². The van der Waals surface area contributed by atoms with Crippen LogP contribution in [0.15, 0.2) is 24.3 Å². The van der Waals surface area contributed by atoms with Crippen LogP contribution in [-0.4, -0.2) is 47.7 Å². The molecular formula is C20H30N2O4. The molecule has 0 bridgehead atoms. The maximum Gasteiger partial charge on any atom is 0.263 e. The molecule has 2 amide bonds. The van der Waals surface area contributed by atoms with Gasteiger partial charge in [-0.3, -0.25) is 9.59 Å². The zero-order valence-corrected chi connectivity index (χ0v) is 16.6. The van der Waals surface area contributed by atoms with Gasteiger partial charge in [-0.15, -0.1) is 0 Å². The number of Topliss-reactive ketones (excluding diaryl/α,β-unsaturated/α-hetero) is 1. The third-order valence-electron chi connectivity index (χ3n) is 3.62. The normalized spacial score (nSPS) is 12.2. The Morgan fingerprint density at radius 2 is 1.73 bits per heavy atom. The molecule has 1 N–H and O–H groups in total. The molecule has 1 unspecified atom stereocenters. The molecule has 0 aliphatic heterocycles. The Balaban J connectivity index is 2.55. The molecule has 0 saturated heterocycles. The standard InChI is InChI=1S/C20H30N2O4/c1-14(23)7-8-16-9-11-17(12-10-16)26-15(2)19(25)22(6)13-18(24)21-20(3,4)5/h9-12,15H,7-8,13H2,1-6H3,(H,21,24). The molecule has 144 valence electrons. The lowest BCUT2D eigenvalue weighted by molar-refractivity contribution is -0.140. The number of hydrogen-bond donors (Lipinski definition) is 1. The molecule has 0 radical (unpaired) electrons. The van der Waals surface area contributed by atoms with E-state index >= 15 is 0 Å². The van der Waals surface area contributed by atoms with Crippen LogP contribution >= 0.6 is 0 Å². The van der Waals surface area contributed by atoms with Crippen molar-refractivity contribution in [2.24, 2.45) is 0 Å². The van der Waals surface area contributed by atoms with E-state index in [2.05, 4.69) is 5.32 Å². The Labute approximate surface area is 155 Å². The van der Waals surface area contributed by atoms with E-state index in [0.29, 0.717) is 18.6 Å². The second-order valence-corrected chi connectivity index (χ2v) is 7.60. The zero-order valence-electron chi connectivity index (χ0n) is 16.6. The number of likely N-dealkylation sites (N-methyl/N-ethyl adjacent to an activating group) is 1. The fraction of sp³-hybridized carbons (Fsp3) is 0.550. The number of carbonyl (C=O) groups is 3. The predicted octanol–water partition coefficient (Wildman–Crippen LogP) is 2.35. The minimum Gasteiger partial charge on any atom is -0.481 e. The highest BCUT2D eigenvalue weighted by Crippen LogP contribution is 2.15. The van der Waals surface area contributed by atoms with Gasteiger partial charge in [0.1, 0.15) is 11.5 Å². The molecule has 1 aromatic carbocycles. The summed E-state index contributed by atoms with van der Waals surface area (Å²) in [5, 5.41) is 2.82. The Hall–Kier alpha value is -2.37. The second-order valence-electron chi connectivity index (χ2n) is 7.60. The fourth-order valence-electron chi connectivity index (χ4n) is 2.37. The minimum absolute atomic E-state index is 0.0201. The highest BCUT2D eigenvalue weighted by molar-refractivity contribution is 5.87. The molecule has 0 aromatic heterocycles. The lowest BCUT2D eigenvalue weighted by Crippen LogP contribution is -2.48. The zero-order chi connectivity index (χ0) is 19.9. The van der Waals surface area contributed by atoms with E-state index in [1.54, 1.807) is 33.0 Å². The molecule has 0 saturated carbocycles. The van der Waals surface area contributed by atoms with Crippen molar-refractivity contribution in [1.29, 1.82) is 0 Å². The maximum absolute atomic E-state index is 12.4. The van der Waals surface area contributed by atoms with E-state index in [1.165, 1.54) is 4.90 Å². The Kier molecular flexibility index (Phi) is 7.80. The molecule has 0 fully saturated rings. The molecule has 1 atom stereocenters. The average Bonchev–Trinajstić information content (AvgIpc) is 2.51. The number of ether oxygens (including phenoxy) is 1. The van der Waals surface area contributed by atoms with Crippen LogP contribution in [0.2, 0.25) is 0 Å². The first-order chi connectivity index (χ1) is 12.0. The van der Waals surface area contributed by atoms with Gasteiger partial charge in [0.2, 0.25) is 5.91 Å². The largest absolute Gasteiger partial charge is 0.481 e. The first-order valence-electron chi connectivity index (χ1n) is 8.79. The molecule has 1 aromatic rings. The van der Waals surface area contributed by atoms with Gasteiger partial charge >= 0.3 is 0 Å². The van der Waals surface area contributed by atoms with Gasteiger partial charge in [-0.25, -0.2) is 0 Å². The number of nitrogens with zero attached hydrogens (tertiary/aromatic N) is 1. The van der Waals surface area contributed by atoms with Crippen molar-refractivity contribution in [3.8, 4) is 5.75 Å². The quantitative estimate of drug-likeness (QED) is 0.770. The van der Waals surface area contributed by atoms with Crippen LogP contribution in [0.4, 0.5) is 0 Å². The van der Waals surface area contributed by atoms with E-state index in [9.17, 15) is 14.4 Å². The van der Waals surface area contributed by atoms with Gasteiger partial charge in [-0.1, -0.05) is 12.1 Å². The van der Waals surface area contributed by atoms with Crippen LogP contribution in [0.1, 0.15) is 46.6 Å². The summed E-state index contributed by atoms with van der Waals surface area (Å²) in [5.41, 5.74) is 0.704. The van der Waals surface area contributed by atoms with Gasteiger partial charge in [0.15, 0.2) is 6.10 Å². The third kappa shape index (κ3) is 8.14. The molecular weight excluding hydrogens is 332 g/mol. The fourth-order valence-corrected chi connectivity index (χ4v) is 2.37. The van der Waals surface area contributed by atoms with Crippen LogP contribution in [0.25, 0.3) is 0 Å². The van der Waals surface area contributed by atoms with Crippen LogP contribution in [0.3, 0.4) is 0 Å². The lowest BCUT2D eigenvalue weighted by atomic mass is 10.1. The predicted molar refractivity (Wildman–Crippen MR) is 101 cm³/mol. The molecule has 0 aliphatic rings. The monoisotopic (exact) mass is 362 g/mol. The van der Waals surface area contributed by atoms with Gasteiger partial charge in [0.05, 0.1) is 6.54 Å². The van der Waals surface area contributed by atoms with Crippen molar-refractivity contribution in [2.75, 3.05) is 13.6 Å². The van der Waals surface area contributed by atoms with E-state index in [1.807, 2.05) is 32.9 Å². The van der Waals surface area contributed by atoms with E-state index in [4.69, 9.17) is 4.74 Å². The molecule has 0 aliphatic carbocycles. The summed E-state index contributed by atoms with van der Waals surface area (Å²) < 4.78 is 5.67. The number of ketones is 1. The number of rotatable bonds is 8. The number of hydrogen-bond acceptors (Lipinski definition) is 4. The van der Waals surface area contributed by atoms with Gasteiger partial charge in [0.25, 0.3) is 5.91 Å². The summed E-state index contributed by atoms with van der Waals surface area (Å²) in [7, 11) is 1.58.